The Kier molecular flexibility index (Phi) is 4.52. The van der Waals surface area contributed by atoms with Crippen molar-refractivity contribution in [2.45, 2.75) is 6.54 Å². The normalized spacial score (nSPS) is 10.2. The Morgan fingerprint density at radius 2 is 2.05 bits per heavy atom. The highest BCUT2D eigenvalue weighted by molar-refractivity contribution is 6.31. The predicted molar refractivity (Wildman–Crippen MR) is 80.4 cm³/mol. The largest absolute Gasteiger partial charge is 0.326 e. The van der Waals surface area contributed by atoms with Gasteiger partial charge in [0.15, 0.2) is 0 Å². The summed E-state index contributed by atoms with van der Waals surface area (Å²) < 4.78 is 0. The first-order valence-corrected chi connectivity index (χ1v) is 6.43. The summed E-state index contributed by atoms with van der Waals surface area (Å²) in [4.78, 5) is 22.5. The van der Waals surface area contributed by atoms with E-state index < -0.39 is 10.8 Å². The summed E-state index contributed by atoms with van der Waals surface area (Å²) in [5.74, 6) is -0.576. The minimum atomic E-state index is -0.642. The SMILES string of the molecule is NCc1cccc(NC(=O)c2ccc(Cl)cc2[N+](=O)[O-])c1. The molecule has 2 aromatic rings. The topological polar surface area (TPSA) is 98.3 Å². The van der Waals surface area contributed by atoms with Crippen LogP contribution < -0.4 is 11.1 Å². The number of hydrogen-bond acceptors (Lipinski definition) is 4. The van der Waals surface area contributed by atoms with Gasteiger partial charge < -0.3 is 11.1 Å². The Bertz CT molecular complexity index is 704. The summed E-state index contributed by atoms with van der Waals surface area (Å²) in [6.45, 7) is 0.338. The molecule has 108 valence electrons. The highest BCUT2D eigenvalue weighted by atomic mass is 35.5. The van der Waals surface area contributed by atoms with Gasteiger partial charge in [-0.2, -0.15) is 0 Å². The molecule has 0 saturated carbocycles. The number of nitrogens with zero attached hydrogens (tertiary/aromatic N) is 1. The summed E-state index contributed by atoms with van der Waals surface area (Å²) in [5.41, 5.74) is 6.50. The lowest BCUT2D eigenvalue weighted by Gasteiger charge is -2.07. The first-order chi connectivity index (χ1) is 10.0. The first-order valence-electron chi connectivity index (χ1n) is 6.05. The van der Waals surface area contributed by atoms with Gasteiger partial charge in [-0.05, 0) is 29.8 Å². The summed E-state index contributed by atoms with van der Waals surface area (Å²) in [6.07, 6.45) is 0. The molecule has 0 fully saturated rings. The van der Waals surface area contributed by atoms with E-state index in [2.05, 4.69) is 5.32 Å². The standard InChI is InChI=1S/C14H12ClN3O3/c15-10-4-5-12(13(7-10)18(20)21)14(19)17-11-3-1-2-9(6-11)8-16/h1-7H,8,16H2,(H,17,19). The molecule has 21 heavy (non-hydrogen) atoms. The van der Waals surface area contributed by atoms with E-state index in [1.807, 2.05) is 6.07 Å². The molecule has 0 atom stereocenters. The van der Waals surface area contributed by atoms with Crippen molar-refractivity contribution in [2.75, 3.05) is 5.32 Å². The van der Waals surface area contributed by atoms with E-state index in [-0.39, 0.29) is 16.3 Å². The van der Waals surface area contributed by atoms with Gasteiger partial charge in [0.25, 0.3) is 11.6 Å². The van der Waals surface area contributed by atoms with Gasteiger partial charge in [0.2, 0.25) is 0 Å². The number of anilines is 1. The van der Waals surface area contributed by atoms with Crippen molar-refractivity contribution in [1.29, 1.82) is 0 Å². The minimum absolute atomic E-state index is 0.0532. The maximum Gasteiger partial charge on any atom is 0.283 e. The number of nitrogens with one attached hydrogen (secondary N) is 1. The quantitative estimate of drug-likeness (QED) is 0.670. The van der Waals surface area contributed by atoms with E-state index in [1.165, 1.54) is 12.1 Å². The number of carbonyl (C=O) groups excluding carboxylic acids is 1. The van der Waals surface area contributed by atoms with Crippen LogP contribution in [0.3, 0.4) is 0 Å². The second-order valence-corrected chi connectivity index (χ2v) is 4.71. The van der Waals surface area contributed by atoms with E-state index >= 15 is 0 Å². The van der Waals surface area contributed by atoms with Crippen molar-refractivity contribution in [3.05, 3.63) is 68.7 Å². The molecule has 0 unspecified atom stereocenters. The van der Waals surface area contributed by atoms with E-state index in [0.29, 0.717) is 12.2 Å². The van der Waals surface area contributed by atoms with Crippen LogP contribution in [0.25, 0.3) is 0 Å². The van der Waals surface area contributed by atoms with E-state index in [9.17, 15) is 14.9 Å². The second kappa shape index (κ2) is 6.34. The fraction of sp³-hybridized carbons (Fsp3) is 0.0714. The zero-order valence-electron chi connectivity index (χ0n) is 10.9. The highest BCUT2D eigenvalue weighted by Crippen LogP contribution is 2.24. The minimum Gasteiger partial charge on any atom is -0.326 e. The molecule has 0 aliphatic carbocycles. The maximum atomic E-state index is 12.2. The van der Waals surface area contributed by atoms with Crippen molar-refractivity contribution in [2.24, 2.45) is 5.73 Å². The van der Waals surface area contributed by atoms with Gasteiger partial charge in [-0.25, -0.2) is 0 Å². The average Bonchev–Trinajstić information content (AvgIpc) is 2.47. The second-order valence-electron chi connectivity index (χ2n) is 4.28. The molecule has 6 nitrogen and oxygen atoms in total. The fourth-order valence-corrected chi connectivity index (χ4v) is 1.99. The molecule has 1 amide bonds. The monoisotopic (exact) mass is 305 g/mol. The Labute approximate surface area is 125 Å². The van der Waals surface area contributed by atoms with Crippen molar-refractivity contribution >= 4 is 28.9 Å². The lowest BCUT2D eigenvalue weighted by atomic mass is 10.1. The van der Waals surface area contributed by atoms with Gasteiger partial charge in [0.05, 0.1) is 4.92 Å². The van der Waals surface area contributed by atoms with Crippen LogP contribution in [0.5, 0.6) is 0 Å². The zero-order chi connectivity index (χ0) is 15.4. The molecule has 0 heterocycles. The first kappa shape index (κ1) is 15.0. The van der Waals surface area contributed by atoms with Crippen LogP contribution in [0.1, 0.15) is 15.9 Å². The van der Waals surface area contributed by atoms with Crippen molar-refractivity contribution in [3.8, 4) is 0 Å². The van der Waals surface area contributed by atoms with Crippen LogP contribution in [0.15, 0.2) is 42.5 Å². The third-order valence-corrected chi connectivity index (χ3v) is 3.06. The van der Waals surface area contributed by atoms with Crippen LogP contribution in [0, 0.1) is 10.1 Å². The number of rotatable bonds is 4. The maximum absolute atomic E-state index is 12.2. The molecular formula is C14H12ClN3O3. The van der Waals surface area contributed by atoms with Crippen molar-refractivity contribution in [3.63, 3.8) is 0 Å². The number of hydrogen-bond donors (Lipinski definition) is 2. The molecule has 0 aromatic heterocycles. The molecule has 7 heteroatoms. The van der Waals surface area contributed by atoms with E-state index in [0.717, 1.165) is 11.6 Å². The molecule has 2 aromatic carbocycles. The number of nitrogens with two attached hydrogens (primary N) is 1. The van der Waals surface area contributed by atoms with Gasteiger partial charge in [-0.3, -0.25) is 14.9 Å². The summed E-state index contributed by atoms with van der Waals surface area (Å²) in [6, 6.07) is 10.8. The number of carbonyl (C=O) groups is 1. The Morgan fingerprint density at radius 1 is 1.29 bits per heavy atom. The molecule has 0 aliphatic rings. The van der Waals surface area contributed by atoms with Crippen molar-refractivity contribution in [1.82, 2.24) is 0 Å². The number of amides is 1. The average molecular weight is 306 g/mol. The highest BCUT2D eigenvalue weighted by Gasteiger charge is 2.20. The molecule has 0 radical (unpaired) electrons. The van der Waals surface area contributed by atoms with Gasteiger partial charge in [-0.1, -0.05) is 23.7 Å². The molecule has 0 aliphatic heterocycles. The molecule has 3 N–H and O–H groups in total. The summed E-state index contributed by atoms with van der Waals surface area (Å²) in [7, 11) is 0. The molecule has 0 bridgehead atoms. The molecule has 0 saturated heterocycles. The van der Waals surface area contributed by atoms with Gasteiger partial charge in [-0.15, -0.1) is 0 Å². The lowest BCUT2D eigenvalue weighted by molar-refractivity contribution is -0.385. The van der Waals surface area contributed by atoms with Crippen LogP contribution in [-0.2, 0) is 6.54 Å². The predicted octanol–water partition coefficient (Wildman–Crippen LogP) is 2.96. The van der Waals surface area contributed by atoms with Gasteiger partial charge in [0.1, 0.15) is 5.56 Å². The van der Waals surface area contributed by atoms with E-state index in [1.54, 1.807) is 18.2 Å². The Balaban J connectivity index is 2.30. The number of nitro groups is 1. The number of benzene rings is 2. The van der Waals surface area contributed by atoms with Crippen LogP contribution in [0.2, 0.25) is 5.02 Å². The molecular weight excluding hydrogens is 294 g/mol. The number of halogens is 1. The Hall–Kier alpha value is -2.44. The summed E-state index contributed by atoms with van der Waals surface area (Å²) >= 11 is 5.72. The number of nitro benzene ring substituents is 1. The zero-order valence-corrected chi connectivity index (χ0v) is 11.6. The van der Waals surface area contributed by atoms with E-state index in [4.69, 9.17) is 17.3 Å². The molecule has 0 spiro atoms. The lowest BCUT2D eigenvalue weighted by Crippen LogP contribution is -2.14. The van der Waals surface area contributed by atoms with Gasteiger partial charge >= 0.3 is 0 Å². The van der Waals surface area contributed by atoms with Gasteiger partial charge in [0, 0.05) is 23.3 Å². The fourth-order valence-electron chi connectivity index (χ4n) is 1.82. The van der Waals surface area contributed by atoms with Crippen molar-refractivity contribution < 1.29 is 9.72 Å². The summed E-state index contributed by atoms with van der Waals surface area (Å²) in [5, 5.41) is 13.8. The Morgan fingerprint density at radius 3 is 2.71 bits per heavy atom. The third kappa shape index (κ3) is 3.56. The van der Waals surface area contributed by atoms with Crippen LogP contribution in [0.4, 0.5) is 11.4 Å². The van der Waals surface area contributed by atoms with Crippen LogP contribution >= 0.6 is 11.6 Å². The third-order valence-electron chi connectivity index (χ3n) is 2.82. The van der Waals surface area contributed by atoms with Crippen LogP contribution in [-0.4, -0.2) is 10.8 Å². The smallest absolute Gasteiger partial charge is 0.283 e. The molecule has 2 rings (SSSR count).